The molecule has 1 fully saturated rings. The largest absolute Gasteiger partial charge is 0.490 e. The number of hydrogen-bond acceptors (Lipinski definition) is 5. The van der Waals surface area contributed by atoms with Gasteiger partial charge < -0.3 is 25.0 Å². The van der Waals surface area contributed by atoms with E-state index in [9.17, 15) is 9.59 Å². The highest BCUT2D eigenvalue weighted by Crippen LogP contribution is 2.42. The smallest absolute Gasteiger partial charge is 0.258 e. The van der Waals surface area contributed by atoms with Gasteiger partial charge in [-0.25, -0.2) is 0 Å². The second-order valence-corrected chi connectivity index (χ2v) is 7.42. The number of carbonyl (C=O) groups excluding carboxylic acids is 2. The van der Waals surface area contributed by atoms with Crippen molar-refractivity contribution >= 4 is 17.5 Å². The lowest BCUT2D eigenvalue weighted by atomic mass is 10.0. The van der Waals surface area contributed by atoms with E-state index in [2.05, 4.69) is 10.6 Å². The second-order valence-electron chi connectivity index (χ2n) is 7.42. The number of benzene rings is 2. The van der Waals surface area contributed by atoms with E-state index in [4.69, 9.17) is 9.47 Å². The second kappa shape index (κ2) is 8.65. The Balaban J connectivity index is 1.63. The van der Waals surface area contributed by atoms with Gasteiger partial charge in [0, 0.05) is 18.3 Å². The van der Waals surface area contributed by atoms with Crippen LogP contribution in [0.5, 0.6) is 11.5 Å². The first kappa shape index (κ1) is 20.1. The first-order valence-electron chi connectivity index (χ1n) is 10.5. The van der Waals surface area contributed by atoms with Gasteiger partial charge in [-0.1, -0.05) is 18.2 Å². The number of amides is 2. The minimum atomic E-state index is -0.281. The van der Waals surface area contributed by atoms with Crippen LogP contribution in [0.1, 0.15) is 48.8 Å². The van der Waals surface area contributed by atoms with E-state index in [1.165, 1.54) is 0 Å². The Morgan fingerprint density at radius 1 is 1.13 bits per heavy atom. The molecule has 0 spiro atoms. The van der Waals surface area contributed by atoms with Crippen molar-refractivity contribution in [2.24, 2.45) is 0 Å². The minimum absolute atomic E-state index is 0.0476. The van der Waals surface area contributed by atoms with Crippen molar-refractivity contribution < 1.29 is 19.1 Å². The molecule has 2 aromatic carbocycles. The zero-order valence-electron chi connectivity index (χ0n) is 17.3. The number of ether oxygens (including phenoxy) is 2. The van der Waals surface area contributed by atoms with Crippen LogP contribution in [0.3, 0.4) is 0 Å². The third kappa shape index (κ3) is 4.06. The maximum Gasteiger partial charge on any atom is 0.258 e. The van der Waals surface area contributed by atoms with Crippen molar-refractivity contribution in [1.82, 2.24) is 10.2 Å². The predicted molar refractivity (Wildman–Crippen MR) is 114 cm³/mol. The fourth-order valence-electron chi connectivity index (χ4n) is 3.72. The van der Waals surface area contributed by atoms with Gasteiger partial charge in [0.25, 0.3) is 11.8 Å². The molecule has 158 valence electrons. The number of nitrogens with zero attached hydrogens (tertiary/aromatic N) is 1. The number of para-hydroxylation sites is 1. The molecule has 1 saturated carbocycles. The number of hydrogen-bond donors (Lipinski definition) is 2. The van der Waals surface area contributed by atoms with Gasteiger partial charge in [0.05, 0.1) is 12.2 Å². The Hall–Kier alpha value is -3.22. The van der Waals surface area contributed by atoms with Crippen LogP contribution in [-0.2, 0) is 4.79 Å². The molecule has 0 radical (unpaired) electrons. The van der Waals surface area contributed by atoms with Crippen molar-refractivity contribution in [2.45, 2.75) is 38.9 Å². The summed E-state index contributed by atoms with van der Waals surface area (Å²) in [6, 6.07) is 13.5. The Bertz CT molecular complexity index is 942. The van der Waals surface area contributed by atoms with Gasteiger partial charge in [-0.05, 0) is 56.5 Å². The van der Waals surface area contributed by atoms with E-state index in [1.807, 2.05) is 55.1 Å². The average molecular weight is 409 g/mol. The summed E-state index contributed by atoms with van der Waals surface area (Å²) in [5, 5.41) is 6.23. The van der Waals surface area contributed by atoms with Gasteiger partial charge in [0.15, 0.2) is 18.1 Å². The van der Waals surface area contributed by atoms with Crippen LogP contribution in [0.2, 0.25) is 0 Å². The minimum Gasteiger partial charge on any atom is -0.490 e. The van der Waals surface area contributed by atoms with E-state index in [1.54, 1.807) is 6.07 Å². The monoisotopic (exact) mass is 409 g/mol. The van der Waals surface area contributed by atoms with Gasteiger partial charge in [-0.15, -0.1) is 0 Å². The molecule has 2 amide bonds. The summed E-state index contributed by atoms with van der Waals surface area (Å²) in [6.45, 7) is 4.71. The molecule has 2 N–H and O–H groups in total. The van der Waals surface area contributed by atoms with Crippen molar-refractivity contribution in [3.05, 3.63) is 53.6 Å². The van der Waals surface area contributed by atoms with Crippen LogP contribution in [0, 0.1) is 0 Å². The Morgan fingerprint density at radius 2 is 1.93 bits per heavy atom. The highest BCUT2D eigenvalue weighted by molar-refractivity contribution is 6.02. The molecule has 0 bridgehead atoms. The van der Waals surface area contributed by atoms with Gasteiger partial charge in [0.1, 0.15) is 6.17 Å². The summed E-state index contributed by atoms with van der Waals surface area (Å²) in [5.41, 5.74) is 2.45. The molecule has 1 heterocycles. The molecule has 1 atom stereocenters. The fraction of sp³-hybridized carbons (Fsp3) is 0.391. The van der Waals surface area contributed by atoms with E-state index >= 15 is 0 Å². The average Bonchev–Trinajstić information content (AvgIpc) is 3.58. The topological polar surface area (TPSA) is 79.9 Å². The van der Waals surface area contributed by atoms with Gasteiger partial charge in [-0.2, -0.15) is 0 Å². The van der Waals surface area contributed by atoms with E-state index < -0.39 is 0 Å². The van der Waals surface area contributed by atoms with Crippen molar-refractivity contribution in [2.75, 3.05) is 25.1 Å². The number of anilines is 1. The SMILES string of the molecule is CCNC(=O)COc1ccc([C@H]2Nc3ccccc3C(=O)N2C2CC2)cc1OCC. The molecule has 7 heteroatoms. The zero-order valence-corrected chi connectivity index (χ0v) is 17.3. The molecule has 0 aromatic heterocycles. The van der Waals surface area contributed by atoms with Gasteiger partial charge in [-0.3, -0.25) is 9.59 Å². The lowest BCUT2D eigenvalue weighted by Crippen LogP contribution is -2.44. The molecule has 30 heavy (non-hydrogen) atoms. The number of nitrogens with one attached hydrogen (secondary N) is 2. The van der Waals surface area contributed by atoms with Gasteiger partial charge >= 0.3 is 0 Å². The molecule has 1 aliphatic carbocycles. The third-order valence-corrected chi connectivity index (χ3v) is 5.22. The number of carbonyl (C=O) groups is 2. The van der Waals surface area contributed by atoms with Gasteiger partial charge in [0.2, 0.25) is 0 Å². The van der Waals surface area contributed by atoms with Crippen molar-refractivity contribution in [3.63, 3.8) is 0 Å². The van der Waals surface area contributed by atoms with Crippen LogP contribution in [0.4, 0.5) is 5.69 Å². The highest BCUT2D eigenvalue weighted by Gasteiger charge is 2.42. The molecule has 0 saturated heterocycles. The van der Waals surface area contributed by atoms with E-state index in [-0.39, 0.29) is 30.6 Å². The summed E-state index contributed by atoms with van der Waals surface area (Å²) in [7, 11) is 0. The highest BCUT2D eigenvalue weighted by atomic mass is 16.5. The molecule has 7 nitrogen and oxygen atoms in total. The van der Waals surface area contributed by atoms with Crippen LogP contribution in [-0.4, -0.2) is 42.5 Å². The fourth-order valence-corrected chi connectivity index (χ4v) is 3.72. The standard InChI is InChI=1S/C23H27N3O4/c1-3-24-21(27)14-30-19-12-9-15(13-20(19)29-4-2)22-25-18-8-6-5-7-17(18)23(28)26(22)16-10-11-16/h5-9,12-13,16,22,25H,3-4,10-11,14H2,1-2H3,(H,24,27)/t22-/m0/s1. The zero-order chi connectivity index (χ0) is 21.1. The summed E-state index contributed by atoms with van der Waals surface area (Å²) >= 11 is 0. The molecular formula is C23H27N3O4. The predicted octanol–water partition coefficient (Wildman–Crippen LogP) is 3.33. The van der Waals surface area contributed by atoms with Crippen molar-refractivity contribution in [3.8, 4) is 11.5 Å². The molecule has 2 aliphatic rings. The number of fused-ring (bicyclic) bond motifs is 1. The Kier molecular flexibility index (Phi) is 5.79. The quantitative estimate of drug-likeness (QED) is 0.699. The lowest BCUT2D eigenvalue weighted by Gasteiger charge is -2.38. The first-order valence-corrected chi connectivity index (χ1v) is 10.5. The molecule has 0 unspecified atom stereocenters. The number of likely N-dealkylation sites (N-methyl/N-ethyl adjacent to an activating group) is 1. The third-order valence-electron chi connectivity index (χ3n) is 5.22. The molecule has 1 aliphatic heterocycles. The van der Waals surface area contributed by atoms with E-state index in [0.29, 0.717) is 30.2 Å². The molecule has 2 aromatic rings. The summed E-state index contributed by atoms with van der Waals surface area (Å²) in [5.74, 6) is 0.932. The summed E-state index contributed by atoms with van der Waals surface area (Å²) in [6.07, 6.45) is 1.74. The first-order chi connectivity index (χ1) is 14.6. The normalized spacial score (nSPS) is 17.7. The van der Waals surface area contributed by atoms with Crippen LogP contribution in [0.15, 0.2) is 42.5 Å². The van der Waals surface area contributed by atoms with Crippen LogP contribution < -0.4 is 20.1 Å². The number of rotatable bonds is 8. The Morgan fingerprint density at radius 3 is 2.67 bits per heavy atom. The van der Waals surface area contributed by atoms with Crippen LogP contribution in [0.25, 0.3) is 0 Å². The Labute approximate surface area is 176 Å². The maximum absolute atomic E-state index is 13.2. The van der Waals surface area contributed by atoms with Crippen LogP contribution >= 0.6 is 0 Å². The maximum atomic E-state index is 13.2. The van der Waals surface area contributed by atoms with E-state index in [0.717, 1.165) is 24.1 Å². The summed E-state index contributed by atoms with van der Waals surface area (Å²) < 4.78 is 11.5. The lowest BCUT2D eigenvalue weighted by molar-refractivity contribution is -0.123. The molecular weight excluding hydrogens is 382 g/mol. The van der Waals surface area contributed by atoms with Crippen molar-refractivity contribution in [1.29, 1.82) is 0 Å². The molecule has 4 rings (SSSR count). The summed E-state index contributed by atoms with van der Waals surface area (Å²) in [4.78, 5) is 26.9.